The van der Waals surface area contributed by atoms with E-state index in [1.165, 1.54) is 0 Å². The molecule has 0 bridgehead atoms. The fraction of sp³-hybridized carbons (Fsp3) is 0.0870. The summed E-state index contributed by atoms with van der Waals surface area (Å²) in [5.74, 6) is 2.04. The first-order valence-electron chi connectivity index (χ1n) is 8.69. The third-order valence-electron chi connectivity index (χ3n) is 4.66. The standard InChI is InChI=1S/C23H20N2O2/c1-26-16-9-7-8-15(14-16)21-17-10-3-4-11-18(17)23(24)25-22(21)19-12-5-6-13-20(19)27-2/h3-14H,1-2H3,(H2,24,25). The Morgan fingerprint density at radius 1 is 0.778 bits per heavy atom. The van der Waals surface area contributed by atoms with Gasteiger partial charge in [-0.1, -0.05) is 48.5 Å². The fourth-order valence-corrected chi connectivity index (χ4v) is 3.39. The number of nitrogens with two attached hydrogens (primary N) is 1. The molecule has 1 aromatic heterocycles. The molecule has 4 aromatic rings. The Bertz CT molecular complexity index is 1120. The number of hydrogen-bond donors (Lipinski definition) is 1. The van der Waals surface area contributed by atoms with Crippen LogP contribution in [0.1, 0.15) is 0 Å². The topological polar surface area (TPSA) is 57.4 Å². The van der Waals surface area contributed by atoms with Gasteiger partial charge in [-0.2, -0.15) is 0 Å². The van der Waals surface area contributed by atoms with Gasteiger partial charge in [0.2, 0.25) is 0 Å². The zero-order valence-electron chi connectivity index (χ0n) is 15.3. The van der Waals surface area contributed by atoms with Crippen molar-refractivity contribution in [2.24, 2.45) is 0 Å². The maximum atomic E-state index is 6.31. The SMILES string of the molecule is COc1cccc(-c2c(-c3ccccc3OC)nc(N)c3ccccc23)c1. The molecule has 0 atom stereocenters. The van der Waals surface area contributed by atoms with Crippen LogP contribution in [0.25, 0.3) is 33.2 Å². The zero-order valence-corrected chi connectivity index (χ0v) is 15.3. The van der Waals surface area contributed by atoms with Crippen molar-refractivity contribution in [1.29, 1.82) is 0 Å². The second kappa shape index (κ2) is 7.00. The van der Waals surface area contributed by atoms with Crippen LogP contribution in [-0.4, -0.2) is 19.2 Å². The molecule has 4 nitrogen and oxygen atoms in total. The molecule has 0 saturated carbocycles. The molecule has 0 unspecified atom stereocenters. The van der Waals surface area contributed by atoms with Crippen LogP contribution in [0, 0.1) is 0 Å². The number of para-hydroxylation sites is 1. The lowest BCUT2D eigenvalue weighted by atomic mass is 9.93. The summed E-state index contributed by atoms with van der Waals surface area (Å²) >= 11 is 0. The van der Waals surface area contributed by atoms with Crippen molar-refractivity contribution in [3.05, 3.63) is 72.8 Å². The normalized spacial score (nSPS) is 10.7. The number of methoxy groups -OCH3 is 2. The van der Waals surface area contributed by atoms with Crippen molar-refractivity contribution in [3.8, 4) is 33.9 Å². The number of aromatic nitrogens is 1. The molecule has 4 rings (SSSR count). The van der Waals surface area contributed by atoms with Crippen LogP contribution in [0.5, 0.6) is 11.5 Å². The molecule has 1 heterocycles. The summed E-state index contributed by atoms with van der Waals surface area (Å²) in [5, 5.41) is 1.97. The minimum absolute atomic E-state index is 0.498. The Morgan fingerprint density at radius 2 is 1.52 bits per heavy atom. The number of nitrogen functional groups attached to an aromatic ring is 1. The van der Waals surface area contributed by atoms with Crippen LogP contribution in [0.3, 0.4) is 0 Å². The van der Waals surface area contributed by atoms with E-state index in [0.29, 0.717) is 5.82 Å². The minimum atomic E-state index is 0.498. The predicted octanol–water partition coefficient (Wildman–Crippen LogP) is 5.17. The third-order valence-corrected chi connectivity index (χ3v) is 4.66. The molecule has 0 spiro atoms. The summed E-state index contributed by atoms with van der Waals surface area (Å²) in [5.41, 5.74) is 10.0. The molecule has 27 heavy (non-hydrogen) atoms. The van der Waals surface area contributed by atoms with E-state index in [1.807, 2.05) is 60.7 Å². The highest BCUT2D eigenvalue weighted by atomic mass is 16.5. The summed E-state index contributed by atoms with van der Waals surface area (Å²) in [6.45, 7) is 0. The van der Waals surface area contributed by atoms with Gasteiger partial charge in [0.1, 0.15) is 17.3 Å². The number of ether oxygens (including phenoxy) is 2. The number of fused-ring (bicyclic) bond motifs is 1. The van der Waals surface area contributed by atoms with Gasteiger partial charge < -0.3 is 15.2 Å². The van der Waals surface area contributed by atoms with E-state index in [-0.39, 0.29) is 0 Å². The van der Waals surface area contributed by atoms with E-state index in [0.717, 1.165) is 44.7 Å². The Labute approximate surface area is 158 Å². The molecule has 0 aliphatic rings. The summed E-state index contributed by atoms with van der Waals surface area (Å²) in [7, 11) is 3.33. The fourth-order valence-electron chi connectivity index (χ4n) is 3.39. The molecule has 0 fully saturated rings. The van der Waals surface area contributed by atoms with E-state index in [2.05, 4.69) is 12.1 Å². The summed E-state index contributed by atoms with van der Waals surface area (Å²) in [4.78, 5) is 4.77. The Hall–Kier alpha value is -3.53. The van der Waals surface area contributed by atoms with E-state index >= 15 is 0 Å². The summed E-state index contributed by atoms with van der Waals surface area (Å²) in [6.07, 6.45) is 0. The van der Waals surface area contributed by atoms with E-state index < -0.39 is 0 Å². The molecule has 0 aliphatic heterocycles. The lowest BCUT2D eigenvalue weighted by Gasteiger charge is -2.17. The highest BCUT2D eigenvalue weighted by Gasteiger charge is 2.18. The number of hydrogen-bond acceptors (Lipinski definition) is 4. The van der Waals surface area contributed by atoms with Crippen molar-refractivity contribution in [3.63, 3.8) is 0 Å². The molecule has 0 radical (unpaired) electrons. The highest BCUT2D eigenvalue weighted by molar-refractivity contribution is 6.07. The Morgan fingerprint density at radius 3 is 2.30 bits per heavy atom. The van der Waals surface area contributed by atoms with Crippen LogP contribution >= 0.6 is 0 Å². The van der Waals surface area contributed by atoms with E-state index in [1.54, 1.807) is 14.2 Å². The van der Waals surface area contributed by atoms with Gasteiger partial charge >= 0.3 is 0 Å². The quantitative estimate of drug-likeness (QED) is 0.548. The smallest absolute Gasteiger partial charge is 0.132 e. The first-order valence-corrected chi connectivity index (χ1v) is 8.69. The molecule has 3 aromatic carbocycles. The van der Waals surface area contributed by atoms with Crippen LogP contribution in [0.15, 0.2) is 72.8 Å². The van der Waals surface area contributed by atoms with Gasteiger partial charge in [0.05, 0.1) is 19.9 Å². The van der Waals surface area contributed by atoms with Crippen LogP contribution in [-0.2, 0) is 0 Å². The van der Waals surface area contributed by atoms with E-state index in [9.17, 15) is 0 Å². The largest absolute Gasteiger partial charge is 0.497 e. The molecule has 0 aliphatic carbocycles. The van der Waals surface area contributed by atoms with Crippen molar-refractivity contribution < 1.29 is 9.47 Å². The monoisotopic (exact) mass is 356 g/mol. The van der Waals surface area contributed by atoms with Gasteiger partial charge in [-0.05, 0) is 35.2 Å². The Balaban J connectivity index is 2.12. The second-order valence-electron chi connectivity index (χ2n) is 6.20. The predicted molar refractivity (Wildman–Crippen MR) is 110 cm³/mol. The number of rotatable bonds is 4. The average molecular weight is 356 g/mol. The maximum Gasteiger partial charge on any atom is 0.132 e. The van der Waals surface area contributed by atoms with Gasteiger partial charge in [-0.3, -0.25) is 0 Å². The lowest BCUT2D eigenvalue weighted by Crippen LogP contribution is -1.99. The molecule has 0 amide bonds. The lowest BCUT2D eigenvalue weighted by molar-refractivity contribution is 0.415. The highest BCUT2D eigenvalue weighted by Crippen LogP contribution is 2.42. The molecule has 4 heteroatoms. The van der Waals surface area contributed by atoms with Gasteiger partial charge in [-0.15, -0.1) is 0 Å². The van der Waals surface area contributed by atoms with Gasteiger partial charge in [0.15, 0.2) is 0 Å². The number of pyridine rings is 1. The first kappa shape index (κ1) is 16.9. The number of anilines is 1. The summed E-state index contributed by atoms with van der Waals surface area (Å²) in [6, 6.07) is 23.9. The minimum Gasteiger partial charge on any atom is -0.497 e. The van der Waals surface area contributed by atoms with Gasteiger partial charge in [-0.25, -0.2) is 4.98 Å². The molecular weight excluding hydrogens is 336 g/mol. The average Bonchev–Trinajstić information content (AvgIpc) is 2.73. The first-order chi connectivity index (χ1) is 13.2. The van der Waals surface area contributed by atoms with Crippen molar-refractivity contribution in [2.45, 2.75) is 0 Å². The molecule has 134 valence electrons. The molecule has 0 saturated heterocycles. The van der Waals surface area contributed by atoms with Gasteiger partial charge in [0.25, 0.3) is 0 Å². The Kier molecular flexibility index (Phi) is 4.38. The van der Waals surface area contributed by atoms with Crippen LogP contribution < -0.4 is 15.2 Å². The maximum absolute atomic E-state index is 6.31. The number of nitrogens with zero attached hydrogens (tertiary/aromatic N) is 1. The van der Waals surface area contributed by atoms with Crippen LogP contribution in [0.2, 0.25) is 0 Å². The van der Waals surface area contributed by atoms with Crippen LogP contribution in [0.4, 0.5) is 5.82 Å². The number of benzene rings is 3. The molecular formula is C23H20N2O2. The van der Waals surface area contributed by atoms with Crippen molar-refractivity contribution in [2.75, 3.05) is 20.0 Å². The van der Waals surface area contributed by atoms with Crippen molar-refractivity contribution >= 4 is 16.6 Å². The van der Waals surface area contributed by atoms with Crippen molar-refractivity contribution in [1.82, 2.24) is 4.98 Å². The third kappa shape index (κ3) is 2.95. The van der Waals surface area contributed by atoms with Gasteiger partial charge in [0, 0.05) is 16.5 Å². The summed E-state index contributed by atoms with van der Waals surface area (Å²) < 4.78 is 11.0. The second-order valence-corrected chi connectivity index (χ2v) is 6.20. The molecule has 2 N–H and O–H groups in total. The zero-order chi connectivity index (χ0) is 18.8. The van der Waals surface area contributed by atoms with E-state index in [4.69, 9.17) is 20.2 Å².